The van der Waals surface area contributed by atoms with Gasteiger partial charge in [0, 0.05) is 12.5 Å². The van der Waals surface area contributed by atoms with E-state index in [-0.39, 0.29) is 6.42 Å². The van der Waals surface area contributed by atoms with Gasteiger partial charge in [-0.3, -0.25) is 9.35 Å². The molecule has 0 spiro atoms. The molecule has 1 saturated heterocycles. The molecule has 1 aliphatic rings. The monoisotopic (exact) mass is 867 g/mol. The van der Waals surface area contributed by atoms with Crippen molar-refractivity contribution in [1.29, 1.82) is 0 Å². The molecule has 1 fully saturated rings. The molecule has 344 valence electrons. The van der Waals surface area contributed by atoms with Crippen LogP contribution in [0.15, 0.2) is 72.9 Å². The number of aliphatic hydroxyl groups is 3. The van der Waals surface area contributed by atoms with Gasteiger partial charge in [0.2, 0.25) is 0 Å². The second-order valence-corrected chi connectivity index (χ2v) is 16.9. The number of allylic oxidation sites excluding steroid dienone is 11. The first-order valence-electron chi connectivity index (χ1n) is 22.5. The first-order chi connectivity index (χ1) is 29.0. The number of rotatable bonds is 36. The van der Waals surface area contributed by atoms with Crippen molar-refractivity contribution < 1.29 is 56.8 Å². The summed E-state index contributed by atoms with van der Waals surface area (Å²) in [6.45, 7) is 3.55. The summed E-state index contributed by atoms with van der Waals surface area (Å²) >= 11 is 0. The van der Waals surface area contributed by atoms with Crippen LogP contribution in [0.4, 0.5) is 0 Å². The zero-order valence-electron chi connectivity index (χ0n) is 36.5. The van der Waals surface area contributed by atoms with Crippen LogP contribution in [0.5, 0.6) is 0 Å². The average molecular weight is 867 g/mol. The van der Waals surface area contributed by atoms with Crippen molar-refractivity contribution >= 4 is 22.1 Å². The number of carbonyl (C=O) groups excluding carboxylic acids is 2. The Morgan fingerprint density at radius 1 is 0.617 bits per heavy atom. The molecule has 60 heavy (non-hydrogen) atoms. The van der Waals surface area contributed by atoms with E-state index in [2.05, 4.69) is 62.5 Å². The van der Waals surface area contributed by atoms with Crippen molar-refractivity contribution in [3.63, 3.8) is 0 Å². The Labute approximate surface area is 361 Å². The Hall–Kier alpha value is -2.91. The predicted octanol–water partition coefficient (Wildman–Crippen LogP) is 9.11. The molecule has 1 aliphatic heterocycles. The number of ether oxygens (including phenoxy) is 4. The molecule has 13 heteroatoms. The van der Waals surface area contributed by atoms with Gasteiger partial charge in [0.1, 0.15) is 36.8 Å². The van der Waals surface area contributed by atoms with E-state index in [1.165, 1.54) is 76.7 Å². The molecule has 2 unspecified atom stereocenters. The molecule has 0 aliphatic carbocycles. The van der Waals surface area contributed by atoms with Crippen molar-refractivity contribution in [3.05, 3.63) is 72.9 Å². The number of esters is 2. The minimum absolute atomic E-state index is 0.104. The Kier molecular flexibility index (Phi) is 33.7. The van der Waals surface area contributed by atoms with Crippen LogP contribution in [0.25, 0.3) is 0 Å². The van der Waals surface area contributed by atoms with Crippen LogP contribution in [-0.2, 0) is 38.7 Å². The first-order valence-corrected chi connectivity index (χ1v) is 24.1. The van der Waals surface area contributed by atoms with E-state index in [0.29, 0.717) is 6.42 Å². The zero-order chi connectivity index (χ0) is 44.1. The zero-order valence-corrected chi connectivity index (χ0v) is 37.3. The third kappa shape index (κ3) is 31.0. The molecule has 6 atom stereocenters. The van der Waals surface area contributed by atoms with Crippen LogP contribution < -0.4 is 0 Å². The van der Waals surface area contributed by atoms with Crippen LogP contribution in [-0.4, -0.2) is 96.0 Å². The molecule has 1 rings (SSSR count). The van der Waals surface area contributed by atoms with E-state index in [9.17, 15) is 37.9 Å². The molecule has 0 bridgehead atoms. The van der Waals surface area contributed by atoms with Gasteiger partial charge in [-0.2, -0.15) is 8.42 Å². The normalized spacial score (nSPS) is 20.8. The second-order valence-electron chi connectivity index (χ2n) is 15.4. The average Bonchev–Trinajstić information content (AvgIpc) is 3.21. The van der Waals surface area contributed by atoms with Gasteiger partial charge in [0.05, 0.1) is 6.61 Å². The van der Waals surface area contributed by atoms with Crippen LogP contribution in [0, 0.1) is 0 Å². The van der Waals surface area contributed by atoms with Crippen molar-refractivity contribution in [3.8, 4) is 0 Å². The lowest BCUT2D eigenvalue weighted by Crippen LogP contribution is -2.60. The molecule has 4 N–H and O–H groups in total. The van der Waals surface area contributed by atoms with Crippen LogP contribution in [0.1, 0.15) is 155 Å². The molecule has 0 radical (unpaired) electrons. The summed E-state index contributed by atoms with van der Waals surface area (Å²) in [4.78, 5) is 25.3. The van der Waals surface area contributed by atoms with Gasteiger partial charge in [-0.15, -0.1) is 0 Å². The molecule has 12 nitrogen and oxygen atoms in total. The standard InChI is InChI=1S/C47H78O12S/c1-3-5-7-9-11-13-15-17-19-20-22-24-26-28-30-32-34-36-43(49)58-40(38-57-47-46(52)45(51)44(50)41(59-47)39-60(53,54)55)37-56-42(48)35-33-31-29-27-25-23-21-18-16-14-12-10-8-6-4-2/h7,9,13,15,19-20,24,26,29,31,33,35,40-41,44-47,50-52H,3-6,8,10-12,14,16-18,21-23,25,27-28,30,32,34,36-39H2,1-2H3,(H,53,54,55)/b9-7+,15-13+,20-19+,26-24+,31-29+,35-33+/t40-,41-,44-,45?,46?,47+/m1/s1. The molecule has 0 saturated carbocycles. The maximum Gasteiger partial charge on any atom is 0.330 e. The van der Waals surface area contributed by atoms with Crippen molar-refractivity contribution in [1.82, 2.24) is 0 Å². The van der Waals surface area contributed by atoms with Gasteiger partial charge >= 0.3 is 11.9 Å². The van der Waals surface area contributed by atoms with E-state index in [0.717, 1.165) is 57.8 Å². The topological polar surface area (TPSA) is 186 Å². The lowest BCUT2D eigenvalue weighted by atomic mass is 10.00. The second kappa shape index (κ2) is 36.7. The summed E-state index contributed by atoms with van der Waals surface area (Å²) in [5, 5.41) is 30.8. The van der Waals surface area contributed by atoms with Gasteiger partial charge in [0.15, 0.2) is 12.4 Å². The summed E-state index contributed by atoms with van der Waals surface area (Å²) in [6, 6.07) is 0. The number of hydrogen-bond donors (Lipinski definition) is 4. The van der Waals surface area contributed by atoms with Gasteiger partial charge in [0.25, 0.3) is 10.1 Å². The van der Waals surface area contributed by atoms with Crippen LogP contribution in [0.3, 0.4) is 0 Å². The Morgan fingerprint density at radius 2 is 1.15 bits per heavy atom. The molecular weight excluding hydrogens is 789 g/mol. The highest BCUT2D eigenvalue weighted by Gasteiger charge is 2.46. The Balaban J connectivity index is 2.54. The van der Waals surface area contributed by atoms with Gasteiger partial charge in [-0.1, -0.05) is 158 Å². The summed E-state index contributed by atoms with van der Waals surface area (Å²) in [6.07, 6.45) is 37.2. The first kappa shape index (κ1) is 55.1. The van der Waals surface area contributed by atoms with Crippen LogP contribution >= 0.6 is 0 Å². The minimum atomic E-state index is -4.62. The van der Waals surface area contributed by atoms with E-state index in [4.69, 9.17) is 18.9 Å². The predicted molar refractivity (Wildman–Crippen MR) is 238 cm³/mol. The van der Waals surface area contributed by atoms with E-state index >= 15 is 0 Å². The summed E-state index contributed by atoms with van der Waals surface area (Å²) < 4.78 is 53.8. The van der Waals surface area contributed by atoms with E-state index < -0.39 is 77.8 Å². The van der Waals surface area contributed by atoms with Gasteiger partial charge < -0.3 is 34.3 Å². The van der Waals surface area contributed by atoms with Crippen molar-refractivity contribution in [2.45, 2.75) is 192 Å². The van der Waals surface area contributed by atoms with E-state index in [1.54, 1.807) is 12.2 Å². The summed E-state index contributed by atoms with van der Waals surface area (Å²) in [7, 11) is -4.62. The fraction of sp³-hybridized carbons (Fsp3) is 0.702. The lowest BCUT2D eigenvalue weighted by molar-refractivity contribution is -0.297. The number of unbranched alkanes of at least 4 members (excludes halogenated alkanes) is 15. The SMILES string of the molecule is CCC/C=C/C/C=C/C/C=C/C/C=C/CCCCCC(=O)O[C@H](COC(=O)/C=C/C=C/CCCCCCCCCCCCC)CO[C@H]1O[C@H](CS(=O)(=O)O)[C@@H](O)C(O)C1O. The third-order valence-corrected chi connectivity index (χ3v) is 10.6. The Morgan fingerprint density at radius 3 is 1.73 bits per heavy atom. The third-order valence-electron chi connectivity index (χ3n) is 9.84. The molecule has 0 amide bonds. The van der Waals surface area contributed by atoms with E-state index in [1.807, 2.05) is 6.08 Å². The minimum Gasteiger partial charge on any atom is -0.458 e. The highest BCUT2D eigenvalue weighted by atomic mass is 32.2. The lowest BCUT2D eigenvalue weighted by Gasteiger charge is -2.40. The number of hydrogen-bond acceptors (Lipinski definition) is 11. The number of aliphatic hydroxyl groups excluding tert-OH is 3. The summed E-state index contributed by atoms with van der Waals surface area (Å²) in [5.41, 5.74) is 0. The van der Waals surface area contributed by atoms with Gasteiger partial charge in [-0.05, 0) is 57.8 Å². The molecule has 1 heterocycles. The fourth-order valence-corrected chi connectivity index (χ4v) is 7.04. The largest absolute Gasteiger partial charge is 0.458 e. The highest BCUT2D eigenvalue weighted by molar-refractivity contribution is 7.85. The van der Waals surface area contributed by atoms with Crippen molar-refractivity contribution in [2.75, 3.05) is 19.0 Å². The fourth-order valence-electron chi connectivity index (χ4n) is 6.34. The number of carbonyl (C=O) groups is 2. The molecule has 0 aromatic rings. The highest BCUT2D eigenvalue weighted by Crippen LogP contribution is 2.24. The van der Waals surface area contributed by atoms with Gasteiger partial charge in [-0.25, -0.2) is 4.79 Å². The van der Waals surface area contributed by atoms with Crippen LogP contribution in [0.2, 0.25) is 0 Å². The maximum atomic E-state index is 12.8. The molecule has 0 aromatic heterocycles. The smallest absolute Gasteiger partial charge is 0.330 e. The summed E-state index contributed by atoms with van der Waals surface area (Å²) in [5.74, 6) is -2.30. The maximum absolute atomic E-state index is 12.8. The quantitative estimate of drug-likeness (QED) is 0.0117. The Bertz CT molecular complexity index is 1390. The van der Waals surface area contributed by atoms with Crippen molar-refractivity contribution in [2.24, 2.45) is 0 Å². The molecular formula is C47H78O12S. The molecule has 0 aromatic carbocycles.